The van der Waals surface area contributed by atoms with Crippen molar-refractivity contribution in [1.82, 2.24) is 19.1 Å². The largest absolute Gasteiger partial charge is 0.456 e. The summed E-state index contributed by atoms with van der Waals surface area (Å²) >= 11 is 0. The van der Waals surface area contributed by atoms with Crippen LogP contribution < -0.4 is 0 Å². The number of nitrogens with zero attached hydrogens (tertiary/aromatic N) is 4. The Kier molecular flexibility index (Phi) is 7.36. The van der Waals surface area contributed by atoms with Gasteiger partial charge in [-0.25, -0.2) is 9.97 Å². The lowest BCUT2D eigenvalue weighted by molar-refractivity contribution is 0.668. The second-order valence-electron chi connectivity index (χ2n) is 16.0. The molecular formula is C56H36N4O. The first-order valence-corrected chi connectivity index (χ1v) is 21.0. The Balaban J connectivity index is 0.953. The van der Waals surface area contributed by atoms with Crippen LogP contribution in [0.25, 0.3) is 122 Å². The average molecular weight is 781 g/mol. The minimum Gasteiger partial charge on any atom is -0.456 e. The molecule has 0 N–H and O–H groups in total. The maximum absolute atomic E-state index is 6.72. The van der Waals surface area contributed by atoms with Gasteiger partial charge in [0, 0.05) is 66.3 Å². The Hall–Kier alpha value is -8.02. The summed E-state index contributed by atoms with van der Waals surface area (Å²) in [4.78, 5) is 10.2. The summed E-state index contributed by atoms with van der Waals surface area (Å²) in [6.07, 6.45) is 9.06. The van der Waals surface area contributed by atoms with Gasteiger partial charge < -0.3 is 13.6 Å². The molecule has 8 aromatic carbocycles. The van der Waals surface area contributed by atoms with Crippen molar-refractivity contribution >= 4 is 82.2 Å². The van der Waals surface area contributed by atoms with Crippen LogP contribution in [-0.4, -0.2) is 19.1 Å². The number of fused-ring (bicyclic) bond motifs is 10. The van der Waals surface area contributed by atoms with Gasteiger partial charge in [-0.3, -0.25) is 0 Å². The van der Waals surface area contributed by atoms with E-state index in [1.54, 1.807) is 0 Å². The minimum absolute atomic E-state index is 0.703. The highest BCUT2D eigenvalue weighted by atomic mass is 16.3. The number of hydrogen-bond acceptors (Lipinski definition) is 3. The van der Waals surface area contributed by atoms with E-state index >= 15 is 0 Å². The summed E-state index contributed by atoms with van der Waals surface area (Å²) in [6, 6.07) is 62.7. The highest BCUT2D eigenvalue weighted by molar-refractivity contribution is 6.16. The van der Waals surface area contributed by atoms with E-state index in [4.69, 9.17) is 14.4 Å². The van der Waals surface area contributed by atoms with E-state index in [0.29, 0.717) is 5.82 Å². The molecule has 0 unspecified atom stereocenters. The van der Waals surface area contributed by atoms with E-state index in [1.807, 2.05) is 24.3 Å². The Labute approximate surface area is 350 Å². The van der Waals surface area contributed by atoms with Gasteiger partial charge in [-0.05, 0) is 90.7 Å². The molecule has 0 amide bonds. The molecule has 12 aromatic rings. The number of aromatic nitrogens is 4. The second kappa shape index (κ2) is 13.2. The molecule has 1 aliphatic rings. The van der Waals surface area contributed by atoms with Crippen molar-refractivity contribution in [2.75, 3.05) is 0 Å². The molecule has 1 aliphatic carbocycles. The maximum atomic E-state index is 6.72. The number of rotatable bonds is 5. The van der Waals surface area contributed by atoms with E-state index in [-0.39, 0.29) is 0 Å². The van der Waals surface area contributed by atoms with Crippen molar-refractivity contribution < 1.29 is 4.42 Å². The molecule has 0 aliphatic heterocycles. The van der Waals surface area contributed by atoms with Crippen LogP contribution in [0.5, 0.6) is 0 Å². The SMILES string of the molecule is C1=CC(n2c3ccccc3c3cc(-c4ccc5c(c4)c4ccccc4n5-c4ccc5c(c4)oc4cccc(-c6nc(-c7ccccc7)nc7ccccc67)c45)ccc32)=CCC1. The molecule has 4 heterocycles. The molecule has 0 radical (unpaired) electrons. The van der Waals surface area contributed by atoms with Gasteiger partial charge in [0.15, 0.2) is 5.82 Å². The quantitative estimate of drug-likeness (QED) is 0.175. The number of hydrogen-bond donors (Lipinski definition) is 0. The van der Waals surface area contributed by atoms with Crippen LogP contribution in [0.15, 0.2) is 199 Å². The lowest BCUT2D eigenvalue weighted by Crippen LogP contribution is -1.96. The summed E-state index contributed by atoms with van der Waals surface area (Å²) in [5.74, 6) is 0.703. The third-order valence-electron chi connectivity index (χ3n) is 12.5. The zero-order valence-electron chi connectivity index (χ0n) is 33.1. The van der Waals surface area contributed by atoms with Gasteiger partial charge in [-0.1, -0.05) is 121 Å². The zero-order valence-corrected chi connectivity index (χ0v) is 33.1. The predicted molar refractivity (Wildman–Crippen MR) is 253 cm³/mol. The maximum Gasteiger partial charge on any atom is 0.160 e. The molecule has 61 heavy (non-hydrogen) atoms. The minimum atomic E-state index is 0.703. The van der Waals surface area contributed by atoms with Crippen molar-refractivity contribution in [3.8, 4) is 39.5 Å². The fourth-order valence-electron chi connectivity index (χ4n) is 9.78. The van der Waals surface area contributed by atoms with Gasteiger partial charge in [0.25, 0.3) is 0 Å². The molecule has 0 fully saturated rings. The van der Waals surface area contributed by atoms with E-state index in [0.717, 1.165) is 79.2 Å². The van der Waals surface area contributed by atoms with Crippen molar-refractivity contribution in [2.45, 2.75) is 12.8 Å². The van der Waals surface area contributed by atoms with Crippen molar-refractivity contribution in [3.63, 3.8) is 0 Å². The van der Waals surface area contributed by atoms with Crippen LogP contribution in [-0.2, 0) is 0 Å². The van der Waals surface area contributed by atoms with Gasteiger partial charge in [0.1, 0.15) is 11.2 Å². The summed E-state index contributed by atoms with van der Waals surface area (Å²) in [5, 5.41) is 8.07. The molecule has 5 nitrogen and oxygen atoms in total. The summed E-state index contributed by atoms with van der Waals surface area (Å²) in [7, 11) is 0. The van der Waals surface area contributed by atoms with Crippen LogP contribution in [0.2, 0.25) is 0 Å². The molecule has 5 heteroatoms. The molecule has 0 saturated carbocycles. The van der Waals surface area contributed by atoms with Gasteiger partial charge in [0.2, 0.25) is 0 Å². The van der Waals surface area contributed by atoms with Crippen LogP contribution in [0, 0.1) is 0 Å². The van der Waals surface area contributed by atoms with Gasteiger partial charge in [0.05, 0.1) is 33.3 Å². The molecule has 0 atom stereocenters. The van der Waals surface area contributed by atoms with Crippen molar-refractivity contribution in [3.05, 3.63) is 194 Å². The normalized spacial score (nSPS) is 13.1. The highest BCUT2D eigenvalue weighted by Crippen LogP contribution is 2.42. The van der Waals surface area contributed by atoms with Gasteiger partial charge in [-0.2, -0.15) is 0 Å². The standard InChI is InChI=1S/C56H36N4O/c1-3-14-35(15-4-1)56-57-47-22-10-7-20-42(47)55(58-56)44-21-13-25-52-54(44)43-29-28-39(34-53(43)61-52)60-49-24-12-9-19-41(49)46-33-37(27-31-51(46)60)36-26-30-50-45(32-36)40-18-8-11-23-48(40)59(50)38-16-5-2-6-17-38/h1,3-5,7-34H,2,6H2. The molecule has 4 aromatic heterocycles. The number of benzene rings is 8. The van der Waals surface area contributed by atoms with Crippen molar-refractivity contribution in [2.24, 2.45) is 0 Å². The first-order valence-electron chi connectivity index (χ1n) is 21.0. The summed E-state index contributed by atoms with van der Waals surface area (Å²) < 4.78 is 11.5. The Morgan fingerprint density at radius 3 is 1.87 bits per heavy atom. The number of furan rings is 1. The Morgan fingerprint density at radius 2 is 1.11 bits per heavy atom. The second-order valence-corrected chi connectivity index (χ2v) is 16.0. The Bertz CT molecular complexity index is 3820. The number of para-hydroxylation sites is 3. The molecule has 286 valence electrons. The van der Waals surface area contributed by atoms with E-state index < -0.39 is 0 Å². The molecule has 0 bridgehead atoms. The van der Waals surface area contributed by atoms with Crippen molar-refractivity contribution in [1.29, 1.82) is 0 Å². The lowest BCUT2D eigenvalue weighted by atomic mass is 10.00. The van der Waals surface area contributed by atoms with E-state index in [2.05, 4.69) is 179 Å². The molecule has 13 rings (SSSR count). The predicted octanol–water partition coefficient (Wildman–Crippen LogP) is 14.9. The fourth-order valence-corrected chi connectivity index (χ4v) is 9.78. The highest BCUT2D eigenvalue weighted by Gasteiger charge is 2.20. The summed E-state index contributed by atoms with van der Waals surface area (Å²) in [5.41, 5.74) is 14.9. The van der Waals surface area contributed by atoms with Crippen LogP contribution in [0.3, 0.4) is 0 Å². The summed E-state index contributed by atoms with van der Waals surface area (Å²) in [6.45, 7) is 0. The molecule has 0 spiro atoms. The van der Waals surface area contributed by atoms with Gasteiger partial charge >= 0.3 is 0 Å². The topological polar surface area (TPSA) is 48.8 Å². The molecular weight excluding hydrogens is 745 g/mol. The Morgan fingerprint density at radius 1 is 0.443 bits per heavy atom. The van der Waals surface area contributed by atoms with Crippen LogP contribution in [0.4, 0.5) is 0 Å². The fraction of sp³-hybridized carbons (Fsp3) is 0.0357. The third-order valence-corrected chi connectivity index (χ3v) is 12.5. The van der Waals surface area contributed by atoms with Crippen LogP contribution >= 0.6 is 0 Å². The van der Waals surface area contributed by atoms with Gasteiger partial charge in [-0.15, -0.1) is 0 Å². The first-order chi connectivity index (χ1) is 30.2. The first kappa shape index (κ1) is 33.9. The smallest absolute Gasteiger partial charge is 0.160 e. The third kappa shape index (κ3) is 5.20. The zero-order chi connectivity index (χ0) is 40.0. The number of allylic oxidation sites excluding steroid dienone is 4. The van der Waals surface area contributed by atoms with Crippen LogP contribution in [0.1, 0.15) is 12.8 Å². The molecule has 0 saturated heterocycles. The van der Waals surface area contributed by atoms with E-state index in [9.17, 15) is 0 Å². The monoisotopic (exact) mass is 780 g/mol. The lowest BCUT2D eigenvalue weighted by Gasteiger charge is -2.12. The van der Waals surface area contributed by atoms with E-state index in [1.165, 1.54) is 49.4 Å². The average Bonchev–Trinajstić information content (AvgIpc) is 3.98.